The third-order valence-electron chi connectivity index (χ3n) is 4.33. The van der Waals surface area contributed by atoms with E-state index in [1.807, 2.05) is 6.07 Å². The molecule has 0 radical (unpaired) electrons. The number of rotatable bonds is 6. The zero-order valence-corrected chi connectivity index (χ0v) is 16.4. The van der Waals surface area contributed by atoms with Crippen LogP contribution < -0.4 is 16.0 Å². The van der Waals surface area contributed by atoms with E-state index < -0.39 is 17.9 Å². The van der Waals surface area contributed by atoms with Crippen molar-refractivity contribution in [3.8, 4) is 0 Å². The van der Waals surface area contributed by atoms with Gasteiger partial charge in [-0.3, -0.25) is 9.59 Å². The highest BCUT2D eigenvalue weighted by atomic mass is 127. The lowest BCUT2D eigenvalue weighted by atomic mass is 10.0. The van der Waals surface area contributed by atoms with E-state index in [-0.39, 0.29) is 10.3 Å². The van der Waals surface area contributed by atoms with Crippen LogP contribution in [0.2, 0.25) is 0 Å². The quantitative estimate of drug-likeness (QED) is 0.290. The van der Waals surface area contributed by atoms with E-state index in [0.717, 1.165) is 29.8 Å². The molecule has 0 aliphatic carbocycles. The van der Waals surface area contributed by atoms with Crippen molar-refractivity contribution in [2.75, 3.05) is 17.2 Å². The fraction of sp³-hybridized carbons (Fsp3) is 0.211. The zero-order chi connectivity index (χ0) is 19.4. The molecule has 2 aromatic carbocycles. The van der Waals surface area contributed by atoms with E-state index in [0.29, 0.717) is 11.3 Å². The van der Waals surface area contributed by atoms with Gasteiger partial charge >= 0.3 is 5.97 Å². The van der Waals surface area contributed by atoms with Gasteiger partial charge in [-0.25, -0.2) is 4.79 Å². The standard InChI is InChI=1S/C19H18IN3O4/c20-19(27)22-13-6-4-11(5-7-13)10-15(18(25)26)23-17(24)14-3-1-2-12-8-9-21-16(12)14/h1-7,15,21H,8-10H2,(H,22,27)(H,23,24)(H,25,26). The number of amides is 2. The Morgan fingerprint density at radius 1 is 1.15 bits per heavy atom. The third-order valence-corrected chi connectivity index (χ3v) is 4.60. The lowest BCUT2D eigenvalue weighted by Crippen LogP contribution is -2.42. The molecule has 2 amide bonds. The monoisotopic (exact) mass is 479 g/mol. The lowest BCUT2D eigenvalue weighted by Gasteiger charge is -2.16. The molecule has 27 heavy (non-hydrogen) atoms. The summed E-state index contributed by atoms with van der Waals surface area (Å²) in [4.78, 5) is 35.3. The van der Waals surface area contributed by atoms with Gasteiger partial charge in [-0.1, -0.05) is 24.3 Å². The molecule has 0 fully saturated rings. The van der Waals surface area contributed by atoms with Crippen LogP contribution in [-0.4, -0.2) is 33.5 Å². The topological polar surface area (TPSA) is 108 Å². The summed E-state index contributed by atoms with van der Waals surface area (Å²) in [6.45, 7) is 0.766. The zero-order valence-electron chi connectivity index (χ0n) is 14.3. The smallest absolute Gasteiger partial charge is 0.326 e. The van der Waals surface area contributed by atoms with Crippen LogP contribution >= 0.6 is 22.6 Å². The number of carbonyl (C=O) groups is 3. The first-order chi connectivity index (χ1) is 12.9. The van der Waals surface area contributed by atoms with Gasteiger partial charge in [-0.05, 0) is 35.7 Å². The summed E-state index contributed by atoms with van der Waals surface area (Å²) in [5.41, 5.74) is 3.65. The van der Waals surface area contributed by atoms with E-state index in [1.165, 1.54) is 0 Å². The maximum Gasteiger partial charge on any atom is 0.326 e. The van der Waals surface area contributed by atoms with Gasteiger partial charge in [0.15, 0.2) is 0 Å². The lowest BCUT2D eigenvalue weighted by molar-refractivity contribution is -0.139. The van der Waals surface area contributed by atoms with Crippen LogP contribution in [0.3, 0.4) is 0 Å². The Balaban J connectivity index is 1.71. The maximum atomic E-state index is 12.6. The van der Waals surface area contributed by atoms with E-state index in [1.54, 1.807) is 59.0 Å². The molecule has 1 heterocycles. The molecular weight excluding hydrogens is 461 g/mol. The third kappa shape index (κ3) is 4.76. The minimum Gasteiger partial charge on any atom is -0.480 e. The van der Waals surface area contributed by atoms with E-state index in [4.69, 9.17) is 0 Å². The predicted octanol–water partition coefficient (Wildman–Crippen LogP) is 3.05. The highest BCUT2D eigenvalue weighted by Crippen LogP contribution is 2.26. The van der Waals surface area contributed by atoms with Crippen LogP contribution in [-0.2, 0) is 17.6 Å². The second kappa shape index (κ2) is 8.38. The molecule has 2 aromatic rings. The number of para-hydroxylation sites is 1. The Hall–Kier alpha value is -2.62. The molecule has 0 saturated heterocycles. The summed E-state index contributed by atoms with van der Waals surface area (Å²) in [5, 5.41) is 17.9. The first kappa shape index (κ1) is 19.2. The SMILES string of the molecule is O=C(I)Nc1ccc(CC(NC(=O)c2cccc3c2NCC3)C(=O)O)cc1. The Kier molecular flexibility index (Phi) is 5.94. The maximum absolute atomic E-state index is 12.6. The number of carbonyl (C=O) groups excluding carboxylic acids is 2. The molecule has 1 aliphatic rings. The number of nitrogens with one attached hydrogen (secondary N) is 3. The van der Waals surface area contributed by atoms with Gasteiger partial charge in [0.2, 0.25) is 0 Å². The fourth-order valence-electron chi connectivity index (χ4n) is 3.04. The molecule has 4 N–H and O–H groups in total. The van der Waals surface area contributed by atoms with Crippen LogP contribution in [0.4, 0.5) is 16.2 Å². The summed E-state index contributed by atoms with van der Waals surface area (Å²) in [7, 11) is 0. The van der Waals surface area contributed by atoms with Crippen LogP contribution in [0.5, 0.6) is 0 Å². The Morgan fingerprint density at radius 2 is 1.89 bits per heavy atom. The van der Waals surface area contributed by atoms with Crippen molar-refractivity contribution < 1.29 is 19.5 Å². The molecule has 3 rings (SSSR count). The molecular formula is C19H18IN3O4. The van der Waals surface area contributed by atoms with Crippen molar-refractivity contribution in [3.63, 3.8) is 0 Å². The number of hydrogen-bond acceptors (Lipinski definition) is 4. The van der Waals surface area contributed by atoms with Gasteiger partial charge in [0.25, 0.3) is 9.82 Å². The van der Waals surface area contributed by atoms with Gasteiger partial charge < -0.3 is 21.1 Å². The number of carboxylic acids is 1. The van der Waals surface area contributed by atoms with E-state index in [9.17, 15) is 19.5 Å². The average Bonchev–Trinajstić information content (AvgIpc) is 3.10. The molecule has 0 saturated carbocycles. The number of fused-ring (bicyclic) bond motifs is 1. The Labute approximate surface area is 169 Å². The first-order valence-electron chi connectivity index (χ1n) is 8.39. The molecule has 140 valence electrons. The largest absolute Gasteiger partial charge is 0.480 e. The molecule has 0 spiro atoms. The van der Waals surface area contributed by atoms with Gasteiger partial charge in [0, 0.05) is 41.2 Å². The normalized spacial score (nSPS) is 13.2. The minimum atomic E-state index is -1.10. The van der Waals surface area contributed by atoms with Gasteiger partial charge in [0.05, 0.1) is 11.3 Å². The number of carboxylic acid groups (broad SMARTS) is 1. The van der Waals surface area contributed by atoms with Crippen molar-refractivity contribution in [2.24, 2.45) is 0 Å². The van der Waals surface area contributed by atoms with Gasteiger partial charge in [-0.15, -0.1) is 0 Å². The second-order valence-corrected chi connectivity index (χ2v) is 7.16. The van der Waals surface area contributed by atoms with Gasteiger partial charge in [0.1, 0.15) is 6.04 Å². The van der Waals surface area contributed by atoms with Crippen molar-refractivity contribution in [1.82, 2.24) is 5.32 Å². The van der Waals surface area contributed by atoms with Crippen LogP contribution in [0.1, 0.15) is 21.5 Å². The fourth-order valence-corrected chi connectivity index (χ4v) is 3.35. The summed E-state index contributed by atoms with van der Waals surface area (Å²) in [6, 6.07) is 11.2. The molecule has 7 nitrogen and oxygen atoms in total. The Morgan fingerprint density at radius 3 is 2.56 bits per heavy atom. The van der Waals surface area contributed by atoms with Gasteiger partial charge in [-0.2, -0.15) is 0 Å². The molecule has 0 aromatic heterocycles. The number of anilines is 2. The molecule has 1 unspecified atom stereocenters. The second-order valence-electron chi connectivity index (χ2n) is 6.18. The van der Waals surface area contributed by atoms with Crippen molar-refractivity contribution >= 4 is 49.8 Å². The Bertz CT molecular complexity index is 883. The predicted molar refractivity (Wildman–Crippen MR) is 111 cm³/mol. The van der Waals surface area contributed by atoms with Crippen molar-refractivity contribution in [2.45, 2.75) is 18.9 Å². The molecule has 0 bridgehead atoms. The summed E-state index contributed by atoms with van der Waals surface area (Å²) < 4.78 is -0.208. The van der Waals surface area contributed by atoms with Crippen LogP contribution in [0, 0.1) is 0 Å². The minimum absolute atomic E-state index is 0.141. The van der Waals surface area contributed by atoms with E-state index >= 15 is 0 Å². The number of hydrogen-bond donors (Lipinski definition) is 4. The number of halogens is 1. The highest BCUT2D eigenvalue weighted by molar-refractivity contribution is 14.1. The highest BCUT2D eigenvalue weighted by Gasteiger charge is 2.24. The van der Waals surface area contributed by atoms with Crippen molar-refractivity contribution in [1.29, 1.82) is 0 Å². The molecule has 1 atom stereocenters. The summed E-state index contributed by atoms with van der Waals surface area (Å²) in [6.07, 6.45) is 0.987. The number of aliphatic carboxylic acids is 1. The molecule has 1 aliphatic heterocycles. The first-order valence-corrected chi connectivity index (χ1v) is 9.47. The molecule has 8 heteroatoms. The van der Waals surface area contributed by atoms with Crippen LogP contribution in [0.15, 0.2) is 42.5 Å². The van der Waals surface area contributed by atoms with Crippen molar-refractivity contribution in [3.05, 3.63) is 59.2 Å². The van der Waals surface area contributed by atoms with E-state index in [2.05, 4.69) is 16.0 Å². The summed E-state index contributed by atoms with van der Waals surface area (Å²) >= 11 is 1.63. The van der Waals surface area contributed by atoms with Crippen LogP contribution in [0.25, 0.3) is 0 Å². The number of benzene rings is 2. The average molecular weight is 479 g/mol. The summed E-state index contributed by atoms with van der Waals surface area (Å²) in [5.74, 6) is -1.52.